The minimum absolute atomic E-state index is 0.125. The largest absolute Gasteiger partial charge is 0.489 e. The van der Waals surface area contributed by atoms with Gasteiger partial charge in [0.15, 0.2) is 5.16 Å². The van der Waals surface area contributed by atoms with Crippen LogP contribution < -0.4 is 15.6 Å². The van der Waals surface area contributed by atoms with Crippen molar-refractivity contribution in [2.75, 3.05) is 11.9 Å². The van der Waals surface area contributed by atoms with E-state index in [1.807, 2.05) is 24.3 Å². The first kappa shape index (κ1) is 21.8. The van der Waals surface area contributed by atoms with Gasteiger partial charge in [-0.05, 0) is 23.8 Å². The molecule has 6 nitrogen and oxygen atoms in total. The number of ether oxygens (including phenoxy) is 1. The smallest absolute Gasteiger partial charge is 0.279 e. The van der Waals surface area contributed by atoms with Gasteiger partial charge in [-0.1, -0.05) is 54.7 Å². The Morgan fingerprint density at radius 1 is 1.25 bits per heavy atom. The molecule has 1 aromatic heterocycles. The van der Waals surface area contributed by atoms with Crippen molar-refractivity contribution in [1.82, 2.24) is 9.55 Å². The standard InChI is InChI=1S/C24H22FN3O3S/c1-3-12-31-19-7-5-4-6-17(19)18-13-20(29)26-22-21(18)23(30)27-24(28(22)2)32-14-15-8-10-16(25)11-9-15/h3-11,18H,1,12-14H2,2H3,(H,26,29)/t18-/m0/s1. The van der Waals surface area contributed by atoms with Crippen LogP contribution in [0.15, 0.2) is 71.1 Å². The molecule has 32 heavy (non-hydrogen) atoms. The summed E-state index contributed by atoms with van der Waals surface area (Å²) in [6.45, 7) is 3.99. The third-order valence-corrected chi connectivity index (χ3v) is 6.33. The summed E-state index contributed by atoms with van der Waals surface area (Å²) < 4.78 is 20.6. The van der Waals surface area contributed by atoms with Crippen molar-refractivity contribution in [1.29, 1.82) is 0 Å². The number of benzene rings is 2. The van der Waals surface area contributed by atoms with E-state index >= 15 is 0 Å². The lowest BCUT2D eigenvalue weighted by molar-refractivity contribution is -0.116. The van der Waals surface area contributed by atoms with Crippen LogP contribution in [0, 0.1) is 5.82 Å². The molecule has 0 radical (unpaired) electrons. The fraction of sp³-hybridized carbons (Fsp3) is 0.208. The number of aromatic nitrogens is 2. The molecule has 1 aliphatic rings. The molecule has 0 fully saturated rings. The van der Waals surface area contributed by atoms with Crippen molar-refractivity contribution >= 4 is 23.5 Å². The number of nitrogens with zero attached hydrogens (tertiary/aromatic N) is 2. The molecule has 3 aromatic rings. The maximum Gasteiger partial charge on any atom is 0.279 e. The zero-order chi connectivity index (χ0) is 22.7. The van der Waals surface area contributed by atoms with Crippen LogP contribution in [-0.2, 0) is 17.6 Å². The second-order valence-corrected chi connectivity index (χ2v) is 8.32. The molecular formula is C24H22FN3O3S. The summed E-state index contributed by atoms with van der Waals surface area (Å²) in [5.74, 6) is 0.596. The number of rotatable bonds is 7. The van der Waals surface area contributed by atoms with Gasteiger partial charge in [0.05, 0.1) is 5.56 Å². The van der Waals surface area contributed by atoms with Gasteiger partial charge in [-0.15, -0.1) is 0 Å². The molecule has 0 saturated carbocycles. The Bertz CT molecular complexity index is 1220. The molecule has 164 valence electrons. The van der Waals surface area contributed by atoms with Gasteiger partial charge in [0.1, 0.15) is 24.0 Å². The van der Waals surface area contributed by atoms with E-state index in [0.717, 1.165) is 11.1 Å². The van der Waals surface area contributed by atoms with E-state index in [1.54, 1.807) is 29.8 Å². The average molecular weight is 452 g/mol. The lowest BCUT2D eigenvalue weighted by Gasteiger charge is -2.28. The lowest BCUT2D eigenvalue weighted by atomic mass is 9.86. The maximum atomic E-state index is 13.1. The van der Waals surface area contributed by atoms with Crippen molar-refractivity contribution in [3.05, 3.63) is 94.0 Å². The van der Waals surface area contributed by atoms with Gasteiger partial charge in [0.25, 0.3) is 5.56 Å². The predicted octanol–water partition coefficient (Wildman–Crippen LogP) is 4.25. The van der Waals surface area contributed by atoms with Crippen molar-refractivity contribution < 1.29 is 13.9 Å². The summed E-state index contributed by atoms with van der Waals surface area (Å²) in [4.78, 5) is 30.0. The van der Waals surface area contributed by atoms with Gasteiger partial charge in [-0.25, -0.2) is 4.39 Å². The van der Waals surface area contributed by atoms with E-state index in [4.69, 9.17) is 4.74 Å². The molecule has 8 heteroatoms. The van der Waals surface area contributed by atoms with Crippen LogP contribution in [0.2, 0.25) is 0 Å². The lowest BCUT2D eigenvalue weighted by Crippen LogP contribution is -2.33. The number of thioether (sulfide) groups is 1. The second-order valence-electron chi connectivity index (χ2n) is 7.38. The Kier molecular flexibility index (Phi) is 6.41. The summed E-state index contributed by atoms with van der Waals surface area (Å²) in [5, 5.41) is 3.31. The highest BCUT2D eigenvalue weighted by molar-refractivity contribution is 7.98. The molecule has 1 N–H and O–H groups in total. The summed E-state index contributed by atoms with van der Waals surface area (Å²) in [5.41, 5.74) is 1.71. The zero-order valence-corrected chi connectivity index (χ0v) is 18.3. The van der Waals surface area contributed by atoms with Gasteiger partial charge < -0.3 is 14.6 Å². The third-order valence-electron chi connectivity index (χ3n) is 5.23. The minimum Gasteiger partial charge on any atom is -0.489 e. The first-order valence-electron chi connectivity index (χ1n) is 10.1. The highest BCUT2D eigenvalue weighted by Crippen LogP contribution is 2.39. The van der Waals surface area contributed by atoms with Crippen LogP contribution in [0.1, 0.15) is 29.0 Å². The number of hydrogen-bond donors (Lipinski definition) is 1. The van der Waals surface area contributed by atoms with Gasteiger partial charge in [-0.2, -0.15) is 4.98 Å². The van der Waals surface area contributed by atoms with Crippen LogP contribution in [0.25, 0.3) is 0 Å². The average Bonchev–Trinajstić information content (AvgIpc) is 2.79. The molecule has 2 aromatic carbocycles. The fourth-order valence-electron chi connectivity index (χ4n) is 3.71. The summed E-state index contributed by atoms with van der Waals surface area (Å²) in [6.07, 6.45) is 1.77. The Hall–Kier alpha value is -3.39. The van der Waals surface area contributed by atoms with Crippen LogP contribution >= 0.6 is 11.8 Å². The van der Waals surface area contributed by atoms with E-state index in [0.29, 0.717) is 34.6 Å². The summed E-state index contributed by atoms with van der Waals surface area (Å²) in [6, 6.07) is 13.5. The number of nitrogens with one attached hydrogen (secondary N) is 1. The monoisotopic (exact) mass is 451 g/mol. The van der Waals surface area contributed by atoms with Gasteiger partial charge in [0.2, 0.25) is 5.91 Å². The minimum atomic E-state index is -0.470. The van der Waals surface area contributed by atoms with Crippen LogP contribution in [0.3, 0.4) is 0 Å². The number of para-hydroxylation sites is 1. The topological polar surface area (TPSA) is 73.2 Å². The molecular weight excluding hydrogens is 429 g/mol. The first-order valence-corrected chi connectivity index (χ1v) is 11.1. The molecule has 0 bridgehead atoms. The van der Waals surface area contributed by atoms with Crippen LogP contribution in [0.5, 0.6) is 5.75 Å². The molecule has 0 aliphatic carbocycles. The number of amides is 1. The Balaban J connectivity index is 1.71. The van der Waals surface area contributed by atoms with E-state index in [2.05, 4.69) is 16.9 Å². The second kappa shape index (κ2) is 9.40. The van der Waals surface area contributed by atoms with E-state index in [1.165, 1.54) is 23.9 Å². The SMILES string of the molecule is C=CCOc1ccccc1[C@@H]1CC(=O)Nc2c1c(=O)nc(SCc1ccc(F)cc1)n2C. The first-order chi connectivity index (χ1) is 15.5. The van der Waals surface area contributed by atoms with Gasteiger partial charge in [-0.3, -0.25) is 9.59 Å². The highest BCUT2D eigenvalue weighted by Gasteiger charge is 2.33. The summed E-state index contributed by atoms with van der Waals surface area (Å²) in [7, 11) is 1.76. The maximum absolute atomic E-state index is 13.1. The number of halogens is 1. The Morgan fingerprint density at radius 3 is 2.75 bits per heavy atom. The predicted molar refractivity (Wildman–Crippen MR) is 123 cm³/mol. The zero-order valence-electron chi connectivity index (χ0n) is 17.5. The van der Waals surface area contributed by atoms with E-state index < -0.39 is 5.92 Å². The number of carbonyl (C=O) groups is 1. The van der Waals surface area contributed by atoms with Crippen molar-refractivity contribution in [2.45, 2.75) is 23.2 Å². The molecule has 0 unspecified atom stereocenters. The molecule has 1 aliphatic heterocycles. The molecule has 0 saturated heterocycles. The Morgan fingerprint density at radius 2 is 2.00 bits per heavy atom. The number of fused-ring (bicyclic) bond motifs is 1. The molecule has 1 amide bonds. The Labute approximate surface area is 189 Å². The highest BCUT2D eigenvalue weighted by atomic mass is 32.2. The molecule has 4 rings (SSSR count). The van der Waals surface area contributed by atoms with Crippen molar-refractivity contribution in [3.8, 4) is 5.75 Å². The van der Waals surface area contributed by atoms with Crippen LogP contribution in [-0.4, -0.2) is 22.1 Å². The molecule has 0 spiro atoms. The van der Waals surface area contributed by atoms with Crippen molar-refractivity contribution in [2.24, 2.45) is 7.05 Å². The van der Waals surface area contributed by atoms with Crippen LogP contribution in [0.4, 0.5) is 10.2 Å². The summed E-state index contributed by atoms with van der Waals surface area (Å²) >= 11 is 1.35. The molecule has 1 atom stereocenters. The normalized spacial score (nSPS) is 15.1. The fourth-order valence-corrected chi connectivity index (χ4v) is 4.63. The number of hydrogen-bond acceptors (Lipinski definition) is 5. The van der Waals surface area contributed by atoms with E-state index in [-0.39, 0.29) is 23.7 Å². The number of carbonyl (C=O) groups excluding carboxylic acids is 1. The van der Waals surface area contributed by atoms with Crippen molar-refractivity contribution in [3.63, 3.8) is 0 Å². The molecule has 2 heterocycles. The van der Waals surface area contributed by atoms with Gasteiger partial charge in [0, 0.05) is 30.7 Å². The quantitative estimate of drug-likeness (QED) is 0.330. The van der Waals surface area contributed by atoms with Gasteiger partial charge >= 0.3 is 0 Å². The van der Waals surface area contributed by atoms with E-state index in [9.17, 15) is 14.0 Å². The number of anilines is 1. The third kappa shape index (κ3) is 4.45.